The minimum absolute atomic E-state index is 0.0364. The van der Waals surface area contributed by atoms with Crippen molar-refractivity contribution >= 4 is 28.7 Å². The second-order valence-electron chi connectivity index (χ2n) is 5.73. The van der Waals surface area contributed by atoms with Gasteiger partial charge in [0, 0.05) is 10.3 Å². The minimum atomic E-state index is -0.770. The van der Waals surface area contributed by atoms with Gasteiger partial charge in [0.2, 0.25) is 5.91 Å². The van der Waals surface area contributed by atoms with Crippen LogP contribution in [-0.4, -0.2) is 23.0 Å². The zero-order valence-electron chi connectivity index (χ0n) is 12.6. The summed E-state index contributed by atoms with van der Waals surface area (Å²) in [7, 11) is 0. The van der Waals surface area contributed by atoms with Gasteiger partial charge in [0.15, 0.2) is 5.12 Å². The lowest BCUT2D eigenvalue weighted by molar-refractivity contribution is -0.119. The molecule has 0 aliphatic heterocycles. The van der Waals surface area contributed by atoms with Crippen molar-refractivity contribution in [2.45, 2.75) is 38.6 Å². The van der Waals surface area contributed by atoms with Gasteiger partial charge in [-0.1, -0.05) is 44.7 Å². The quantitative estimate of drug-likeness (QED) is 0.832. The predicted octanol–water partition coefficient (Wildman–Crippen LogP) is 1.96. The lowest BCUT2D eigenvalue weighted by Crippen LogP contribution is -2.42. The summed E-state index contributed by atoms with van der Waals surface area (Å²) in [5.41, 5.74) is 4.97. The van der Waals surface area contributed by atoms with Crippen LogP contribution in [0.25, 0.3) is 0 Å². The highest BCUT2D eigenvalue weighted by molar-refractivity contribution is 8.13. The highest BCUT2D eigenvalue weighted by atomic mass is 32.2. The van der Waals surface area contributed by atoms with Crippen molar-refractivity contribution in [1.29, 1.82) is 0 Å². The van der Waals surface area contributed by atoms with Gasteiger partial charge in [-0.15, -0.1) is 0 Å². The topological polar surface area (TPSA) is 89.3 Å². The summed E-state index contributed by atoms with van der Waals surface area (Å²) < 4.78 is 0. The number of rotatable bonds is 4. The molecular formula is C15H20N2O3S. The zero-order chi connectivity index (χ0) is 16.2. The fraction of sp³-hybridized carbons (Fsp3) is 0.400. The van der Waals surface area contributed by atoms with E-state index in [1.165, 1.54) is 6.92 Å². The first-order valence-electron chi connectivity index (χ1n) is 6.54. The summed E-state index contributed by atoms with van der Waals surface area (Å²) in [6.45, 7) is 6.97. The number of nitrogens with one attached hydrogen (secondary N) is 1. The van der Waals surface area contributed by atoms with Gasteiger partial charge in [-0.3, -0.25) is 14.4 Å². The monoisotopic (exact) mass is 308 g/mol. The molecule has 2 amide bonds. The Hall–Kier alpha value is -1.82. The molecule has 0 spiro atoms. The van der Waals surface area contributed by atoms with Gasteiger partial charge in [-0.05, 0) is 19.1 Å². The smallest absolute Gasteiger partial charge is 0.253 e. The number of carbonyl (C=O) groups is 3. The van der Waals surface area contributed by atoms with Crippen molar-refractivity contribution in [3.8, 4) is 0 Å². The maximum Gasteiger partial charge on any atom is 0.253 e. The van der Waals surface area contributed by atoms with Crippen LogP contribution in [0.4, 0.5) is 0 Å². The van der Waals surface area contributed by atoms with Gasteiger partial charge in [0.25, 0.3) is 5.91 Å². The second kappa shape index (κ2) is 6.76. The number of hydrogen-bond acceptors (Lipinski definition) is 4. The fourth-order valence-corrected chi connectivity index (χ4v) is 2.26. The molecule has 114 valence electrons. The summed E-state index contributed by atoms with van der Waals surface area (Å²) in [6.07, 6.45) is 0. The van der Waals surface area contributed by atoms with Crippen molar-refractivity contribution < 1.29 is 14.4 Å². The van der Waals surface area contributed by atoms with E-state index in [0.717, 1.165) is 11.8 Å². The standard InChI is InChI=1S/C15H20N2O3S/c1-9(12(16)18)17-13(19)10-7-5-6-8-11(10)21-14(20)15(2,3)4/h5-9H,1-4H3,(H2,16,18)(H,17,19)/t9-/m0/s1. The lowest BCUT2D eigenvalue weighted by atomic mass is 10.00. The van der Waals surface area contributed by atoms with Gasteiger partial charge in [-0.25, -0.2) is 0 Å². The fourth-order valence-electron chi connectivity index (χ4n) is 1.34. The van der Waals surface area contributed by atoms with E-state index in [4.69, 9.17) is 5.73 Å². The van der Waals surface area contributed by atoms with Crippen molar-refractivity contribution in [3.63, 3.8) is 0 Å². The van der Waals surface area contributed by atoms with E-state index in [1.54, 1.807) is 24.3 Å². The first-order chi connectivity index (χ1) is 9.62. The molecular weight excluding hydrogens is 288 g/mol. The highest BCUT2D eigenvalue weighted by Crippen LogP contribution is 2.31. The second-order valence-corrected chi connectivity index (χ2v) is 6.75. The molecule has 0 saturated carbocycles. The maximum atomic E-state index is 12.2. The number of amides is 2. The largest absolute Gasteiger partial charge is 0.368 e. The van der Waals surface area contributed by atoms with Gasteiger partial charge in [0.05, 0.1) is 5.56 Å². The number of carbonyl (C=O) groups excluding carboxylic acids is 3. The van der Waals surface area contributed by atoms with Gasteiger partial charge < -0.3 is 11.1 Å². The van der Waals surface area contributed by atoms with Crippen LogP contribution in [0, 0.1) is 5.41 Å². The molecule has 0 bridgehead atoms. The third-order valence-corrected chi connectivity index (χ3v) is 4.09. The molecule has 21 heavy (non-hydrogen) atoms. The Morgan fingerprint density at radius 3 is 2.29 bits per heavy atom. The number of benzene rings is 1. The molecule has 6 heteroatoms. The van der Waals surface area contributed by atoms with E-state index >= 15 is 0 Å². The summed E-state index contributed by atoms with van der Waals surface area (Å²) in [5.74, 6) is -1.04. The molecule has 1 aromatic carbocycles. The van der Waals surface area contributed by atoms with Crippen molar-refractivity contribution in [2.24, 2.45) is 11.1 Å². The van der Waals surface area contributed by atoms with E-state index in [1.807, 2.05) is 20.8 Å². The third kappa shape index (κ3) is 4.90. The Morgan fingerprint density at radius 2 is 1.76 bits per heavy atom. The molecule has 0 aromatic heterocycles. The van der Waals surface area contributed by atoms with E-state index in [2.05, 4.69) is 5.32 Å². The van der Waals surface area contributed by atoms with E-state index in [9.17, 15) is 14.4 Å². The Morgan fingerprint density at radius 1 is 1.19 bits per heavy atom. The van der Waals surface area contributed by atoms with Gasteiger partial charge in [-0.2, -0.15) is 0 Å². The molecule has 0 radical (unpaired) electrons. The summed E-state index contributed by atoms with van der Waals surface area (Å²) in [5, 5.41) is 2.47. The number of hydrogen-bond donors (Lipinski definition) is 2. The van der Waals surface area contributed by atoms with Crippen LogP contribution >= 0.6 is 11.8 Å². The van der Waals surface area contributed by atoms with Gasteiger partial charge >= 0.3 is 0 Å². The molecule has 0 fully saturated rings. The molecule has 0 heterocycles. The third-order valence-electron chi connectivity index (χ3n) is 2.72. The van der Waals surface area contributed by atoms with Crippen LogP contribution in [0.3, 0.4) is 0 Å². The Balaban J connectivity index is 2.97. The SMILES string of the molecule is C[C@H](NC(=O)c1ccccc1SC(=O)C(C)(C)C)C(N)=O. The molecule has 0 aliphatic rings. The molecule has 3 N–H and O–H groups in total. The highest BCUT2D eigenvalue weighted by Gasteiger charge is 2.24. The Labute approximate surface area is 128 Å². The van der Waals surface area contributed by atoms with Crippen LogP contribution in [0.15, 0.2) is 29.2 Å². The molecule has 1 rings (SSSR count). The lowest BCUT2D eigenvalue weighted by Gasteiger charge is -2.17. The van der Waals surface area contributed by atoms with E-state index in [-0.39, 0.29) is 5.12 Å². The van der Waals surface area contributed by atoms with Crippen molar-refractivity contribution in [3.05, 3.63) is 29.8 Å². The first kappa shape index (κ1) is 17.2. The van der Waals surface area contributed by atoms with Gasteiger partial charge in [0.1, 0.15) is 6.04 Å². The molecule has 0 aliphatic carbocycles. The van der Waals surface area contributed by atoms with Crippen molar-refractivity contribution in [2.75, 3.05) is 0 Å². The first-order valence-corrected chi connectivity index (χ1v) is 7.36. The molecule has 0 unspecified atom stereocenters. The van der Waals surface area contributed by atoms with E-state index in [0.29, 0.717) is 10.5 Å². The minimum Gasteiger partial charge on any atom is -0.368 e. The normalized spacial score (nSPS) is 12.6. The van der Waals surface area contributed by atoms with Crippen LogP contribution in [0.1, 0.15) is 38.1 Å². The molecule has 1 atom stereocenters. The average molecular weight is 308 g/mol. The molecule has 5 nitrogen and oxygen atoms in total. The summed E-state index contributed by atoms with van der Waals surface area (Å²) in [4.78, 5) is 35.8. The Kier molecular flexibility index (Phi) is 5.54. The van der Waals surface area contributed by atoms with E-state index < -0.39 is 23.3 Å². The maximum absolute atomic E-state index is 12.2. The number of primary amides is 1. The predicted molar refractivity (Wildman–Crippen MR) is 82.9 cm³/mol. The van der Waals surface area contributed by atoms with Crippen LogP contribution in [-0.2, 0) is 9.59 Å². The zero-order valence-corrected chi connectivity index (χ0v) is 13.4. The molecule has 0 saturated heterocycles. The number of nitrogens with two attached hydrogens (primary N) is 1. The van der Waals surface area contributed by atoms with Crippen LogP contribution in [0.2, 0.25) is 0 Å². The average Bonchev–Trinajstić information content (AvgIpc) is 2.37. The Bertz CT molecular complexity index is 564. The van der Waals surface area contributed by atoms with Crippen molar-refractivity contribution in [1.82, 2.24) is 5.32 Å². The van der Waals surface area contributed by atoms with Crippen LogP contribution < -0.4 is 11.1 Å². The number of thioether (sulfide) groups is 1. The molecule has 1 aromatic rings. The summed E-state index contributed by atoms with van der Waals surface area (Å²) in [6, 6.07) is 6.01. The summed E-state index contributed by atoms with van der Waals surface area (Å²) >= 11 is 1.03. The van der Waals surface area contributed by atoms with Crippen LogP contribution in [0.5, 0.6) is 0 Å².